The van der Waals surface area contributed by atoms with Crippen molar-refractivity contribution >= 4 is 0 Å². The first kappa shape index (κ1) is 13.5. The summed E-state index contributed by atoms with van der Waals surface area (Å²) in [6, 6.07) is 6.16. The molecular weight excluding hydrogens is 242 g/mol. The average molecular weight is 261 g/mol. The molecule has 0 saturated carbocycles. The maximum absolute atomic E-state index is 5.86. The molecule has 0 fully saturated rings. The molecule has 0 saturated heterocycles. The number of aryl methyl sites for hydroxylation is 2. The summed E-state index contributed by atoms with van der Waals surface area (Å²) in [7, 11) is 0. The number of benzene rings is 1. The highest BCUT2D eigenvalue weighted by Gasteiger charge is 2.09. The van der Waals surface area contributed by atoms with Gasteiger partial charge in [0.25, 0.3) is 5.89 Å². The number of nitrogens with zero attached hydrogens (tertiary/aromatic N) is 2. The Morgan fingerprint density at radius 2 is 2.16 bits per heavy atom. The van der Waals surface area contributed by atoms with Crippen molar-refractivity contribution in [1.29, 1.82) is 0 Å². The van der Waals surface area contributed by atoms with Crippen LogP contribution in [0, 0.1) is 13.8 Å². The number of ether oxygens (including phenoxy) is 1. The van der Waals surface area contributed by atoms with Crippen molar-refractivity contribution in [3.63, 3.8) is 0 Å². The zero-order valence-corrected chi connectivity index (χ0v) is 11.5. The van der Waals surface area contributed by atoms with E-state index >= 15 is 0 Å². The van der Waals surface area contributed by atoms with E-state index in [1.807, 2.05) is 19.1 Å². The molecule has 0 aliphatic rings. The van der Waals surface area contributed by atoms with E-state index in [0.29, 0.717) is 11.7 Å². The molecule has 5 heteroatoms. The fraction of sp³-hybridized carbons (Fsp3) is 0.429. The minimum atomic E-state index is 0.0924. The molecule has 1 aromatic carbocycles. The van der Waals surface area contributed by atoms with Gasteiger partial charge in [-0.3, -0.25) is 0 Å². The van der Waals surface area contributed by atoms with Crippen LogP contribution in [-0.4, -0.2) is 16.2 Å². The molecule has 2 N–H and O–H groups in total. The van der Waals surface area contributed by atoms with Gasteiger partial charge in [0.1, 0.15) is 5.75 Å². The SMILES string of the molecule is Cc1ccc(OCc2nc(C)no2)c(CC(C)N)c1. The van der Waals surface area contributed by atoms with Gasteiger partial charge < -0.3 is 15.0 Å². The monoisotopic (exact) mass is 261 g/mol. The van der Waals surface area contributed by atoms with Gasteiger partial charge in [-0.15, -0.1) is 0 Å². The second-order valence-corrected chi connectivity index (χ2v) is 4.82. The Balaban J connectivity index is 2.10. The summed E-state index contributed by atoms with van der Waals surface area (Å²) < 4.78 is 10.8. The van der Waals surface area contributed by atoms with Crippen molar-refractivity contribution in [2.45, 2.75) is 39.8 Å². The van der Waals surface area contributed by atoms with Crippen molar-refractivity contribution in [2.24, 2.45) is 5.73 Å². The fourth-order valence-corrected chi connectivity index (χ4v) is 1.89. The van der Waals surface area contributed by atoms with Crippen LogP contribution in [0.2, 0.25) is 0 Å². The van der Waals surface area contributed by atoms with Gasteiger partial charge in [-0.05, 0) is 38.8 Å². The molecule has 1 aromatic heterocycles. The first-order valence-electron chi connectivity index (χ1n) is 6.31. The van der Waals surface area contributed by atoms with E-state index in [9.17, 15) is 0 Å². The number of aromatic nitrogens is 2. The predicted octanol–water partition coefficient (Wildman–Crippen LogP) is 2.16. The highest BCUT2D eigenvalue weighted by molar-refractivity contribution is 5.37. The van der Waals surface area contributed by atoms with Gasteiger partial charge in [0.15, 0.2) is 12.4 Å². The van der Waals surface area contributed by atoms with Crippen LogP contribution in [0.5, 0.6) is 5.75 Å². The second kappa shape index (κ2) is 5.84. The molecular formula is C14H19N3O2. The molecule has 0 radical (unpaired) electrons. The molecule has 0 aliphatic heterocycles. The molecule has 0 bridgehead atoms. The van der Waals surface area contributed by atoms with Crippen LogP contribution in [0.25, 0.3) is 0 Å². The van der Waals surface area contributed by atoms with Gasteiger partial charge in [-0.25, -0.2) is 0 Å². The summed E-state index contributed by atoms with van der Waals surface area (Å²) in [5.74, 6) is 1.90. The predicted molar refractivity (Wildman–Crippen MR) is 71.9 cm³/mol. The molecule has 2 aromatic rings. The van der Waals surface area contributed by atoms with Crippen molar-refractivity contribution in [3.8, 4) is 5.75 Å². The topological polar surface area (TPSA) is 74.2 Å². The van der Waals surface area contributed by atoms with Crippen LogP contribution in [-0.2, 0) is 13.0 Å². The minimum absolute atomic E-state index is 0.0924. The smallest absolute Gasteiger partial charge is 0.264 e. The van der Waals surface area contributed by atoms with E-state index in [1.165, 1.54) is 5.56 Å². The molecule has 1 heterocycles. The molecule has 1 unspecified atom stereocenters. The summed E-state index contributed by atoms with van der Waals surface area (Å²) in [6.07, 6.45) is 0.778. The van der Waals surface area contributed by atoms with Crippen LogP contribution in [0.1, 0.15) is 29.8 Å². The second-order valence-electron chi connectivity index (χ2n) is 4.82. The van der Waals surface area contributed by atoms with E-state index in [4.69, 9.17) is 15.0 Å². The molecule has 2 rings (SSSR count). The Kier molecular flexibility index (Phi) is 4.16. The first-order chi connectivity index (χ1) is 9.04. The standard InChI is InChI=1S/C14H19N3O2/c1-9-4-5-13(12(6-9)7-10(2)15)18-8-14-16-11(3)17-19-14/h4-6,10H,7-8,15H2,1-3H3. The van der Waals surface area contributed by atoms with Gasteiger partial charge in [0.2, 0.25) is 0 Å². The summed E-state index contributed by atoms with van der Waals surface area (Å²) >= 11 is 0. The van der Waals surface area contributed by atoms with Crippen LogP contribution in [0.3, 0.4) is 0 Å². The average Bonchev–Trinajstić information content (AvgIpc) is 2.73. The number of rotatable bonds is 5. The molecule has 1 atom stereocenters. The van der Waals surface area contributed by atoms with Gasteiger partial charge in [0.05, 0.1) is 0 Å². The number of hydrogen-bond donors (Lipinski definition) is 1. The van der Waals surface area contributed by atoms with E-state index in [-0.39, 0.29) is 12.6 Å². The molecule has 0 amide bonds. The third kappa shape index (κ3) is 3.79. The van der Waals surface area contributed by atoms with Crippen LogP contribution < -0.4 is 10.5 Å². The van der Waals surface area contributed by atoms with Gasteiger partial charge in [0, 0.05) is 6.04 Å². The van der Waals surface area contributed by atoms with Gasteiger partial charge >= 0.3 is 0 Å². The number of nitrogens with two attached hydrogens (primary N) is 1. The van der Waals surface area contributed by atoms with Crippen molar-refractivity contribution in [2.75, 3.05) is 0 Å². The quantitative estimate of drug-likeness (QED) is 0.892. The van der Waals surface area contributed by atoms with Gasteiger partial charge in [-0.1, -0.05) is 22.9 Å². The zero-order chi connectivity index (χ0) is 13.8. The summed E-state index contributed by atoms with van der Waals surface area (Å²) in [5.41, 5.74) is 8.15. The lowest BCUT2D eigenvalue weighted by Gasteiger charge is -2.12. The summed E-state index contributed by atoms with van der Waals surface area (Å²) in [4.78, 5) is 4.11. The van der Waals surface area contributed by atoms with Crippen LogP contribution >= 0.6 is 0 Å². The summed E-state index contributed by atoms with van der Waals surface area (Å²) in [5, 5.41) is 3.73. The molecule has 0 aliphatic carbocycles. The third-order valence-electron chi connectivity index (χ3n) is 2.68. The largest absolute Gasteiger partial charge is 0.483 e. The Labute approximate surface area is 112 Å². The van der Waals surface area contributed by atoms with E-state index in [1.54, 1.807) is 6.92 Å². The third-order valence-corrected chi connectivity index (χ3v) is 2.68. The lowest BCUT2D eigenvalue weighted by atomic mass is 10.0. The van der Waals surface area contributed by atoms with Crippen LogP contribution in [0.4, 0.5) is 0 Å². The maximum atomic E-state index is 5.86. The number of hydrogen-bond acceptors (Lipinski definition) is 5. The first-order valence-corrected chi connectivity index (χ1v) is 6.31. The molecule has 5 nitrogen and oxygen atoms in total. The fourth-order valence-electron chi connectivity index (χ4n) is 1.89. The van der Waals surface area contributed by atoms with E-state index in [0.717, 1.165) is 17.7 Å². The van der Waals surface area contributed by atoms with Crippen molar-refractivity contribution < 1.29 is 9.26 Å². The highest BCUT2D eigenvalue weighted by Crippen LogP contribution is 2.22. The van der Waals surface area contributed by atoms with Crippen molar-refractivity contribution in [1.82, 2.24) is 10.1 Å². The molecule has 102 valence electrons. The zero-order valence-electron chi connectivity index (χ0n) is 11.5. The van der Waals surface area contributed by atoms with E-state index in [2.05, 4.69) is 23.1 Å². The summed E-state index contributed by atoms with van der Waals surface area (Å²) in [6.45, 7) is 6.08. The minimum Gasteiger partial charge on any atom is -0.483 e. The van der Waals surface area contributed by atoms with Crippen LogP contribution in [0.15, 0.2) is 22.7 Å². The lowest BCUT2D eigenvalue weighted by Crippen LogP contribution is -2.18. The molecule has 0 spiro atoms. The maximum Gasteiger partial charge on any atom is 0.264 e. The Hall–Kier alpha value is -1.88. The Morgan fingerprint density at radius 1 is 1.37 bits per heavy atom. The van der Waals surface area contributed by atoms with E-state index < -0.39 is 0 Å². The highest BCUT2D eigenvalue weighted by atomic mass is 16.5. The Morgan fingerprint density at radius 3 is 2.79 bits per heavy atom. The lowest BCUT2D eigenvalue weighted by molar-refractivity contribution is 0.240. The van der Waals surface area contributed by atoms with Gasteiger partial charge in [-0.2, -0.15) is 4.98 Å². The van der Waals surface area contributed by atoms with Crippen molar-refractivity contribution in [3.05, 3.63) is 41.0 Å². The molecule has 19 heavy (non-hydrogen) atoms. The Bertz CT molecular complexity index is 549. The normalized spacial score (nSPS) is 12.4.